The van der Waals surface area contributed by atoms with Gasteiger partial charge >= 0.3 is 12.1 Å². The molecule has 0 spiro atoms. The van der Waals surface area contributed by atoms with Crippen LogP contribution < -0.4 is 5.32 Å². The molecule has 0 aliphatic heterocycles. The molecule has 0 rings (SSSR count). The van der Waals surface area contributed by atoms with E-state index in [0.29, 0.717) is 0 Å². The van der Waals surface area contributed by atoms with Crippen molar-refractivity contribution in [3.8, 4) is 0 Å². The number of carbonyl (C=O) groups is 1. The second-order valence-corrected chi connectivity index (χ2v) is 2.06. The molecule has 0 bridgehead atoms. The molecule has 0 amide bonds. The Morgan fingerprint density at radius 3 is 2.27 bits per heavy atom. The maximum absolute atomic E-state index is 9.91. The first-order valence-corrected chi connectivity index (χ1v) is 3.06. The summed E-state index contributed by atoms with van der Waals surface area (Å²) in [6.07, 6.45) is -2.76. The van der Waals surface area contributed by atoms with Gasteiger partial charge in [-0.05, 0) is 6.42 Å². The van der Waals surface area contributed by atoms with Gasteiger partial charge in [0.2, 0.25) is 0 Å². The number of hydrogen-bond acceptors (Lipinski definition) is 5. The number of aliphatic carboxylic acids is 1. The fraction of sp³-hybridized carbons (Fsp3) is 0.800. The molecule has 0 aliphatic carbocycles. The van der Waals surface area contributed by atoms with Crippen molar-refractivity contribution in [3.05, 3.63) is 0 Å². The van der Waals surface area contributed by atoms with E-state index in [2.05, 4.69) is 0 Å². The highest BCUT2D eigenvalue weighted by Crippen LogP contribution is 1.89. The quantitative estimate of drug-likeness (QED) is 0.239. The zero-order chi connectivity index (χ0) is 8.91. The number of aliphatic hydroxyl groups is 3. The van der Waals surface area contributed by atoms with Crippen LogP contribution in [0.1, 0.15) is 12.8 Å². The Labute approximate surface area is 63.1 Å². The molecule has 6 nitrogen and oxygen atoms in total. The fourth-order valence-corrected chi connectivity index (χ4v) is 0.496. The van der Waals surface area contributed by atoms with Gasteiger partial charge in [-0.15, -0.1) is 0 Å². The van der Waals surface area contributed by atoms with Crippen molar-refractivity contribution in [1.29, 1.82) is 0 Å². The molecule has 0 aliphatic rings. The van der Waals surface area contributed by atoms with Crippen LogP contribution in [0.25, 0.3) is 0 Å². The van der Waals surface area contributed by atoms with E-state index in [0.717, 1.165) is 0 Å². The summed E-state index contributed by atoms with van der Waals surface area (Å²) < 4.78 is 0. The lowest BCUT2D eigenvalue weighted by molar-refractivity contribution is -0.331. The molecular weight excluding hydrogens is 154 g/mol. The summed E-state index contributed by atoms with van der Waals surface area (Å²) in [6.45, 7) is 0.0236. The van der Waals surface area contributed by atoms with Crippen LogP contribution in [-0.4, -0.2) is 39.0 Å². The monoisotopic (exact) mass is 165 g/mol. The Morgan fingerprint density at radius 2 is 1.91 bits per heavy atom. The fourth-order valence-electron chi connectivity index (χ4n) is 0.496. The first kappa shape index (κ1) is 10.3. The van der Waals surface area contributed by atoms with E-state index >= 15 is 0 Å². The van der Waals surface area contributed by atoms with E-state index in [1.165, 1.54) is 0 Å². The van der Waals surface area contributed by atoms with Gasteiger partial charge in [0.25, 0.3) is 0 Å². The van der Waals surface area contributed by atoms with Crippen LogP contribution in [0, 0.1) is 0 Å². The van der Waals surface area contributed by atoms with Crippen LogP contribution in [0.3, 0.4) is 0 Å². The number of carboxylic acid groups (broad SMARTS) is 1. The first-order chi connectivity index (χ1) is 4.92. The molecule has 66 valence electrons. The smallest absolute Gasteiger partial charge is 0.343 e. The van der Waals surface area contributed by atoms with Gasteiger partial charge in [-0.1, -0.05) is 0 Å². The Bertz CT molecular complexity index is 129. The second kappa shape index (κ2) is 4.24. The summed E-state index contributed by atoms with van der Waals surface area (Å²) in [4.78, 5) is 9.91. The molecule has 0 heterocycles. The van der Waals surface area contributed by atoms with Gasteiger partial charge < -0.3 is 20.4 Å². The first-order valence-electron chi connectivity index (χ1n) is 3.06. The topological polar surface area (TPSA) is 110 Å². The van der Waals surface area contributed by atoms with Gasteiger partial charge in [-0.2, -0.15) is 0 Å². The van der Waals surface area contributed by atoms with Crippen molar-refractivity contribution in [1.82, 2.24) is 5.32 Å². The summed E-state index contributed by atoms with van der Waals surface area (Å²) in [5.74, 6) is -0.966. The zero-order valence-electron chi connectivity index (χ0n) is 5.82. The molecular formula is C5H11NO5. The van der Waals surface area contributed by atoms with E-state index in [-0.39, 0.29) is 19.4 Å². The molecule has 5 N–H and O–H groups in total. The lowest BCUT2D eigenvalue weighted by atomic mass is 10.3. The highest BCUT2D eigenvalue weighted by Gasteiger charge is 2.15. The van der Waals surface area contributed by atoms with Gasteiger partial charge in [0.15, 0.2) is 0 Å². The number of carboxylic acids is 1. The zero-order valence-corrected chi connectivity index (χ0v) is 5.82. The molecule has 0 atom stereocenters. The van der Waals surface area contributed by atoms with Crippen LogP contribution in [0.5, 0.6) is 0 Å². The van der Waals surface area contributed by atoms with Crippen LogP contribution in [0.15, 0.2) is 0 Å². The van der Waals surface area contributed by atoms with Crippen molar-refractivity contribution >= 4 is 5.97 Å². The minimum atomic E-state index is -2.90. The SMILES string of the molecule is O=C(O)CCCNC(O)(O)O. The minimum absolute atomic E-state index is 0.0236. The predicted molar refractivity (Wildman–Crippen MR) is 34.3 cm³/mol. The van der Waals surface area contributed by atoms with E-state index in [9.17, 15) is 4.79 Å². The van der Waals surface area contributed by atoms with E-state index in [1.54, 1.807) is 0 Å². The van der Waals surface area contributed by atoms with Gasteiger partial charge in [0.1, 0.15) is 0 Å². The van der Waals surface area contributed by atoms with Gasteiger partial charge in [0.05, 0.1) is 0 Å². The molecule has 0 fully saturated rings. The van der Waals surface area contributed by atoms with Crippen molar-refractivity contribution in [2.24, 2.45) is 0 Å². The van der Waals surface area contributed by atoms with Crippen molar-refractivity contribution in [3.63, 3.8) is 0 Å². The molecule has 0 aromatic rings. The van der Waals surface area contributed by atoms with Crippen molar-refractivity contribution in [2.45, 2.75) is 18.9 Å². The number of hydrogen-bond donors (Lipinski definition) is 5. The lowest BCUT2D eigenvalue weighted by Gasteiger charge is -2.14. The largest absolute Gasteiger partial charge is 0.481 e. The molecule has 11 heavy (non-hydrogen) atoms. The average molecular weight is 165 g/mol. The Morgan fingerprint density at radius 1 is 1.36 bits per heavy atom. The number of nitrogens with one attached hydrogen (secondary N) is 1. The summed E-state index contributed by atoms with van der Waals surface area (Å²) >= 11 is 0. The molecule has 0 unspecified atom stereocenters. The average Bonchev–Trinajstić information content (AvgIpc) is 1.78. The lowest BCUT2D eigenvalue weighted by Crippen LogP contribution is -2.45. The molecule has 6 heteroatoms. The Hall–Kier alpha value is -0.690. The highest BCUT2D eigenvalue weighted by molar-refractivity contribution is 5.66. The Balaban J connectivity index is 3.22. The van der Waals surface area contributed by atoms with Crippen LogP contribution in [0.4, 0.5) is 0 Å². The summed E-state index contributed by atoms with van der Waals surface area (Å²) in [6, 6.07) is 0. The van der Waals surface area contributed by atoms with Crippen LogP contribution in [-0.2, 0) is 4.79 Å². The molecule has 0 radical (unpaired) electrons. The maximum Gasteiger partial charge on any atom is 0.343 e. The summed E-state index contributed by atoms with van der Waals surface area (Å²) in [7, 11) is 0. The predicted octanol–water partition coefficient (Wildman–Crippen LogP) is -1.97. The summed E-state index contributed by atoms with van der Waals surface area (Å²) in [5.41, 5.74) is 0. The summed E-state index contributed by atoms with van der Waals surface area (Å²) in [5, 5.41) is 34.7. The third kappa shape index (κ3) is 9.31. The van der Waals surface area contributed by atoms with E-state index in [1.807, 2.05) is 5.32 Å². The normalized spacial score (nSPS) is 11.5. The molecule has 0 aromatic carbocycles. The number of rotatable bonds is 5. The third-order valence-electron chi connectivity index (χ3n) is 0.930. The van der Waals surface area contributed by atoms with Gasteiger partial charge in [-0.3, -0.25) is 4.79 Å². The van der Waals surface area contributed by atoms with E-state index < -0.39 is 12.1 Å². The maximum atomic E-state index is 9.91. The highest BCUT2D eigenvalue weighted by atomic mass is 16.7. The molecule has 0 saturated heterocycles. The second-order valence-electron chi connectivity index (χ2n) is 2.06. The van der Waals surface area contributed by atoms with Crippen LogP contribution in [0.2, 0.25) is 0 Å². The molecule has 0 saturated carbocycles. The standard InChI is InChI=1S/C5H11NO5/c7-4(8)2-1-3-6-5(9,10)11/h6,9-11H,1-3H2,(H,7,8). The van der Waals surface area contributed by atoms with Crippen molar-refractivity contribution in [2.75, 3.05) is 6.54 Å². The van der Waals surface area contributed by atoms with Gasteiger partial charge in [0, 0.05) is 13.0 Å². The van der Waals surface area contributed by atoms with E-state index in [4.69, 9.17) is 20.4 Å². The third-order valence-corrected chi connectivity index (χ3v) is 0.930. The van der Waals surface area contributed by atoms with Crippen molar-refractivity contribution < 1.29 is 25.2 Å². The van der Waals surface area contributed by atoms with Gasteiger partial charge in [-0.25, -0.2) is 5.32 Å². The Kier molecular flexibility index (Phi) is 3.98. The minimum Gasteiger partial charge on any atom is -0.481 e. The van der Waals surface area contributed by atoms with Crippen LogP contribution >= 0.6 is 0 Å². The molecule has 0 aromatic heterocycles.